The Bertz CT molecular complexity index is 919. The van der Waals surface area contributed by atoms with E-state index in [4.69, 9.17) is 11.6 Å². The van der Waals surface area contributed by atoms with Gasteiger partial charge in [-0.05, 0) is 53.2 Å². The van der Waals surface area contributed by atoms with E-state index in [0.717, 1.165) is 5.56 Å². The third kappa shape index (κ3) is 4.59. The van der Waals surface area contributed by atoms with Crippen molar-refractivity contribution in [1.82, 2.24) is 25.5 Å². The van der Waals surface area contributed by atoms with Crippen molar-refractivity contribution < 1.29 is 9.18 Å². The molecule has 0 fully saturated rings. The Hall–Kier alpha value is -2.45. The van der Waals surface area contributed by atoms with Crippen LogP contribution in [0.25, 0.3) is 5.69 Å². The summed E-state index contributed by atoms with van der Waals surface area (Å²) in [6.07, 6.45) is 0. The molecule has 9 heteroatoms. The highest BCUT2D eigenvalue weighted by molar-refractivity contribution is 7.99. The Morgan fingerprint density at radius 3 is 2.88 bits per heavy atom. The number of nitrogens with zero attached hydrogens (tertiary/aromatic N) is 4. The number of tetrazole rings is 1. The molecule has 3 rings (SSSR count). The van der Waals surface area contributed by atoms with Crippen LogP contribution in [0.5, 0.6) is 0 Å². The Morgan fingerprint density at radius 1 is 1.31 bits per heavy atom. The van der Waals surface area contributed by atoms with Gasteiger partial charge in [0.1, 0.15) is 5.82 Å². The molecule has 0 aliphatic heterocycles. The average Bonchev–Trinajstić information content (AvgIpc) is 3.08. The molecule has 0 aliphatic carbocycles. The summed E-state index contributed by atoms with van der Waals surface area (Å²) in [5.41, 5.74) is 1.41. The standard InChI is InChI=1S/C17H15ClFN5OS/c1-11(12-4-2-5-13(18)8-12)20-16(25)10-26-17-21-22-23-24(17)15-7-3-6-14(19)9-15/h2-9,11H,10H2,1H3,(H,20,25)/t11-/m0/s1. The molecule has 0 saturated heterocycles. The van der Waals surface area contributed by atoms with E-state index in [2.05, 4.69) is 20.8 Å². The van der Waals surface area contributed by atoms with Gasteiger partial charge in [-0.2, -0.15) is 4.68 Å². The predicted octanol–water partition coefficient (Wildman–Crippen LogP) is 3.42. The second-order valence-corrected chi connectivity index (χ2v) is 6.86. The van der Waals surface area contributed by atoms with Crippen molar-refractivity contribution in [3.63, 3.8) is 0 Å². The zero-order valence-corrected chi connectivity index (χ0v) is 15.3. The van der Waals surface area contributed by atoms with E-state index < -0.39 is 0 Å². The molecule has 1 amide bonds. The van der Waals surface area contributed by atoms with E-state index in [9.17, 15) is 9.18 Å². The maximum Gasteiger partial charge on any atom is 0.230 e. The summed E-state index contributed by atoms with van der Waals surface area (Å²) in [7, 11) is 0. The van der Waals surface area contributed by atoms with Gasteiger partial charge in [-0.25, -0.2) is 4.39 Å². The van der Waals surface area contributed by atoms with Crippen LogP contribution in [0.15, 0.2) is 53.7 Å². The van der Waals surface area contributed by atoms with Crippen LogP contribution in [-0.2, 0) is 4.79 Å². The van der Waals surface area contributed by atoms with Crippen LogP contribution in [0.2, 0.25) is 5.02 Å². The largest absolute Gasteiger partial charge is 0.349 e. The molecule has 3 aromatic rings. The fraction of sp³-hybridized carbons (Fsp3) is 0.176. The molecule has 6 nitrogen and oxygen atoms in total. The highest BCUT2D eigenvalue weighted by Gasteiger charge is 2.14. The van der Waals surface area contributed by atoms with Gasteiger partial charge in [-0.1, -0.05) is 41.6 Å². The summed E-state index contributed by atoms with van der Waals surface area (Å²) in [6.45, 7) is 1.88. The Morgan fingerprint density at radius 2 is 2.12 bits per heavy atom. The molecule has 0 spiro atoms. The van der Waals surface area contributed by atoms with E-state index in [0.29, 0.717) is 15.9 Å². The van der Waals surface area contributed by atoms with Crippen LogP contribution in [0.4, 0.5) is 4.39 Å². The lowest BCUT2D eigenvalue weighted by Gasteiger charge is -2.14. The maximum atomic E-state index is 13.4. The lowest BCUT2D eigenvalue weighted by molar-refractivity contribution is -0.119. The molecule has 1 aromatic heterocycles. The average molecular weight is 392 g/mol. The second kappa shape index (κ2) is 8.29. The van der Waals surface area contributed by atoms with Gasteiger partial charge in [0.05, 0.1) is 17.5 Å². The number of rotatable bonds is 6. The first-order chi connectivity index (χ1) is 12.5. The van der Waals surface area contributed by atoms with Crippen molar-refractivity contribution in [2.45, 2.75) is 18.1 Å². The van der Waals surface area contributed by atoms with Gasteiger partial charge in [0, 0.05) is 5.02 Å². The van der Waals surface area contributed by atoms with Crippen LogP contribution < -0.4 is 5.32 Å². The first-order valence-electron chi connectivity index (χ1n) is 7.75. The van der Waals surface area contributed by atoms with Crippen molar-refractivity contribution in [2.75, 3.05) is 5.75 Å². The van der Waals surface area contributed by atoms with Crippen molar-refractivity contribution in [2.24, 2.45) is 0 Å². The smallest absolute Gasteiger partial charge is 0.230 e. The number of carbonyl (C=O) groups is 1. The number of hydrogen-bond acceptors (Lipinski definition) is 5. The van der Waals surface area contributed by atoms with Gasteiger partial charge in [0.2, 0.25) is 11.1 Å². The summed E-state index contributed by atoms with van der Waals surface area (Å²) in [5, 5.41) is 15.3. The summed E-state index contributed by atoms with van der Waals surface area (Å²) < 4.78 is 14.8. The molecule has 1 atom stereocenters. The Balaban J connectivity index is 1.61. The van der Waals surface area contributed by atoms with Gasteiger partial charge in [0.15, 0.2) is 0 Å². The van der Waals surface area contributed by atoms with E-state index in [1.807, 2.05) is 25.1 Å². The van der Waals surface area contributed by atoms with E-state index in [1.165, 1.54) is 28.6 Å². The second-order valence-electron chi connectivity index (χ2n) is 5.49. The number of aromatic nitrogens is 4. The van der Waals surface area contributed by atoms with E-state index in [-0.39, 0.29) is 23.5 Å². The normalized spacial score (nSPS) is 12.0. The molecule has 0 unspecified atom stereocenters. The zero-order valence-electron chi connectivity index (χ0n) is 13.8. The van der Waals surface area contributed by atoms with Crippen LogP contribution in [0, 0.1) is 5.82 Å². The minimum atomic E-state index is -0.387. The van der Waals surface area contributed by atoms with Crippen LogP contribution in [0.1, 0.15) is 18.5 Å². The minimum absolute atomic E-state index is 0.126. The first-order valence-corrected chi connectivity index (χ1v) is 9.11. The van der Waals surface area contributed by atoms with Crippen LogP contribution in [-0.4, -0.2) is 31.9 Å². The fourth-order valence-corrected chi connectivity index (χ4v) is 3.21. The lowest BCUT2D eigenvalue weighted by atomic mass is 10.1. The molecule has 134 valence electrons. The number of nitrogens with one attached hydrogen (secondary N) is 1. The summed E-state index contributed by atoms with van der Waals surface area (Å²) in [4.78, 5) is 12.2. The number of carbonyl (C=O) groups excluding carboxylic acids is 1. The highest BCUT2D eigenvalue weighted by atomic mass is 35.5. The van der Waals surface area contributed by atoms with Gasteiger partial charge in [-0.15, -0.1) is 5.10 Å². The minimum Gasteiger partial charge on any atom is -0.349 e. The van der Waals surface area contributed by atoms with Gasteiger partial charge in [0.25, 0.3) is 0 Å². The van der Waals surface area contributed by atoms with Crippen molar-refractivity contribution in [3.8, 4) is 5.69 Å². The molecule has 0 bridgehead atoms. The predicted molar refractivity (Wildman–Crippen MR) is 97.8 cm³/mol. The lowest BCUT2D eigenvalue weighted by Crippen LogP contribution is -2.28. The molecule has 26 heavy (non-hydrogen) atoms. The quantitative estimate of drug-likeness (QED) is 0.652. The molecule has 1 N–H and O–H groups in total. The Labute approximate surface area is 158 Å². The van der Waals surface area contributed by atoms with Crippen LogP contribution >= 0.6 is 23.4 Å². The van der Waals surface area contributed by atoms with Crippen LogP contribution in [0.3, 0.4) is 0 Å². The SMILES string of the molecule is C[C@H](NC(=O)CSc1nnnn1-c1cccc(F)c1)c1cccc(Cl)c1. The fourth-order valence-electron chi connectivity index (χ4n) is 2.31. The molecular weight excluding hydrogens is 377 g/mol. The number of hydrogen-bond donors (Lipinski definition) is 1. The third-order valence-electron chi connectivity index (χ3n) is 3.55. The Kier molecular flexibility index (Phi) is 5.85. The number of halogens is 2. The molecule has 1 heterocycles. The molecule has 0 radical (unpaired) electrons. The van der Waals surface area contributed by atoms with E-state index >= 15 is 0 Å². The number of benzene rings is 2. The van der Waals surface area contributed by atoms with Crippen molar-refractivity contribution in [3.05, 3.63) is 64.9 Å². The summed E-state index contributed by atoms with van der Waals surface area (Å²) in [6, 6.07) is 13.1. The molecular formula is C17H15ClFN5OS. The topological polar surface area (TPSA) is 72.7 Å². The highest BCUT2D eigenvalue weighted by Crippen LogP contribution is 2.20. The van der Waals surface area contributed by atoms with Gasteiger partial charge < -0.3 is 5.32 Å². The molecule has 0 saturated carbocycles. The zero-order chi connectivity index (χ0) is 18.5. The maximum absolute atomic E-state index is 13.4. The summed E-state index contributed by atoms with van der Waals surface area (Å²) in [5.74, 6) is -0.432. The first kappa shape index (κ1) is 18.3. The third-order valence-corrected chi connectivity index (χ3v) is 4.71. The van der Waals surface area contributed by atoms with E-state index in [1.54, 1.807) is 18.2 Å². The number of thioether (sulfide) groups is 1. The van der Waals surface area contributed by atoms with Gasteiger partial charge in [-0.3, -0.25) is 4.79 Å². The number of amides is 1. The van der Waals surface area contributed by atoms with Crippen molar-refractivity contribution >= 4 is 29.3 Å². The molecule has 0 aliphatic rings. The molecule has 2 aromatic carbocycles. The van der Waals surface area contributed by atoms with Crippen molar-refractivity contribution in [1.29, 1.82) is 0 Å². The van der Waals surface area contributed by atoms with Gasteiger partial charge >= 0.3 is 0 Å². The monoisotopic (exact) mass is 391 g/mol. The summed E-state index contributed by atoms with van der Waals surface area (Å²) >= 11 is 7.14.